The molecule has 1 fully saturated rings. The van der Waals surface area contributed by atoms with Crippen LogP contribution in [0.1, 0.15) is 38.2 Å². The molecule has 0 saturated heterocycles. The van der Waals surface area contributed by atoms with Gasteiger partial charge in [-0.15, -0.1) is 0 Å². The fourth-order valence-electron chi connectivity index (χ4n) is 3.48. The molecule has 1 aromatic carbocycles. The molecule has 0 bridgehead atoms. The second kappa shape index (κ2) is 6.54. The van der Waals surface area contributed by atoms with Gasteiger partial charge in [-0.3, -0.25) is 9.88 Å². The monoisotopic (exact) mass is 283 g/mol. The van der Waals surface area contributed by atoms with E-state index < -0.39 is 0 Å². The summed E-state index contributed by atoms with van der Waals surface area (Å²) in [5.74, 6) is 0. The molecule has 0 radical (unpaired) electrons. The van der Waals surface area contributed by atoms with Crippen molar-refractivity contribution < 1.29 is 0 Å². The first-order valence-electron chi connectivity index (χ1n) is 8.10. The Kier molecular flexibility index (Phi) is 4.51. The number of aromatic nitrogens is 1. The largest absolute Gasteiger partial charge is 0.328 e. The predicted molar refractivity (Wildman–Crippen MR) is 88.1 cm³/mol. The second-order valence-electron chi connectivity index (χ2n) is 6.12. The predicted octanol–water partition coefficient (Wildman–Crippen LogP) is 3.33. The molecule has 21 heavy (non-hydrogen) atoms. The van der Waals surface area contributed by atoms with Crippen molar-refractivity contribution >= 4 is 10.9 Å². The van der Waals surface area contributed by atoms with Crippen LogP contribution in [0.15, 0.2) is 36.5 Å². The molecule has 1 aromatic heterocycles. The van der Waals surface area contributed by atoms with Gasteiger partial charge in [0.1, 0.15) is 0 Å². The van der Waals surface area contributed by atoms with Gasteiger partial charge in [0.2, 0.25) is 0 Å². The van der Waals surface area contributed by atoms with Gasteiger partial charge in [-0.1, -0.05) is 25.1 Å². The van der Waals surface area contributed by atoms with Crippen molar-refractivity contribution in [2.45, 2.75) is 51.2 Å². The molecule has 3 rings (SSSR count). The highest BCUT2D eigenvalue weighted by Crippen LogP contribution is 2.25. The molecule has 1 heterocycles. The van der Waals surface area contributed by atoms with E-state index in [2.05, 4.69) is 47.1 Å². The van der Waals surface area contributed by atoms with Crippen LogP contribution < -0.4 is 5.73 Å². The SMILES string of the molecule is CCN(Cc1ccnc2ccccc12)C1CCC(N)CC1. The maximum absolute atomic E-state index is 6.04. The van der Waals surface area contributed by atoms with Gasteiger partial charge in [-0.05, 0) is 49.9 Å². The minimum atomic E-state index is 0.418. The summed E-state index contributed by atoms with van der Waals surface area (Å²) in [5.41, 5.74) is 8.52. The molecule has 1 aliphatic rings. The quantitative estimate of drug-likeness (QED) is 0.936. The zero-order valence-electron chi connectivity index (χ0n) is 12.8. The fourth-order valence-corrected chi connectivity index (χ4v) is 3.48. The van der Waals surface area contributed by atoms with E-state index in [1.165, 1.54) is 23.8 Å². The molecule has 0 spiro atoms. The van der Waals surface area contributed by atoms with Crippen LogP contribution >= 0.6 is 0 Å². The second-order valence-corrected chi connectivity index (χ2v) is 6.12. The first kappa shape index (κ1) is 14.5. The molecule has 112 valence electrons. The van der Waals surface area contributed by atoms with E-state index in [-0.39, 0.29) is 0 Å². The first-order chi connectivity index (χ1) is 10.3. The van der Waals surface area contributed by atoms with Crippen LogP contribution in [-0.2, 0) is 6.54 Å². The standard InChI is InChI=1S/C18H25N3/c1-2-21(16-9-7-15(19)8-10-16)13-14-11-12-20-18-6-4-3-5-17(14)18/h3-6,11-12,15-16H,2,7-10,13,19H2,1H3. The van der Waals surface area contributed by atoms with Crippen molar-refractivity contribution in [3.8, 4) is 0 Å². The van der Waals surface area contributed by atoms with Gasteiger partial charge >= 0.3 is 0 Å². The van der Waals surface area contributed by atoms with Gasteiger partial charge in [0, 0.05) is 30.2 Å². The topological polar surface area (TPSA) is 42.2 Å². The van der Waals surface area contributed by atoms with E-state index in [1.807, 2.05) is 6.20 Å². The van der Waals surface area contributed by atoms with E-state index in [1.54, 1.807) is 0 Å². The van der Waals surface area contributed by atoms with Gasteiger partial charge < -0.3 is 5.73 Å². The summed E-state index contributed by atoms with van der Waals surface area (Å²) < 4.78 is 0. The zero-order chi connectivity index (χ0) is 14.7. The molecule has 2 N–H and O–H groups in total. The highest BCUT2D eigenvalue weighted by Gasteiger charge is 2.23. The molecule has 3 nitrogen and oxygen atoms in total. The first-order valence-corrected chi connectivity index (χ1v) is 8.10. The van der Waals surface area contributed by atoms with Gasteiger partial charge in [0.15, 0.2) is 0 Å². The van der Waals surface area contributed by atoms with Crippen molar-refractivity contribution in [3.63, 3.8) is 0 Å². The van der Waals surface area contributed by atoms with Crippen molar-refractivity contribution in [2.24, 2.45) is 5.73 Å². The van der Waals surface area contributed by atoms with E-state index in [0.29, 0.717) is 12.1 Å². The van der Waals surface area contributed by atoms with Gasteiger partial charge in [0.25, 0.3) is 0 Å². The van der Waals surface area contributed by atoms with Crippen molar-refractivity contribution in [1.82, 2.24) is 9.88 Å². The smallest absolute Gasteiger partial charge is 0.0705 e. The van der Waals surface area contributed by atoms with E-state index in [9.17, 15) is 0 Å². The fraction of sp³-hybridized carbons (Fsp3) is 0.500. The molecule has 3 heteroatoms. The number of hydrogen-bond donors (Lipinski definition) is 1. The summed E-state index contributed by atoms with van der Waals surface area (Å²) in [6.45, 7) is 4.37. The lowest BCUT2D eigenvalue weighted by Crippen LogP contribution is -2.40. The van der Waals surface area contributed by atoms with Crippen LogP contribution in [0.4, 0.5) is 0 Å². The number of benzene rings is 1. The minimum Gasteiger partial charge on any atom is -0.328 e. The molecule has 0 unspecified atom stereocenters. The Labute approximate surface area is 127 Å². The Morgan fingerprint density at radius 2 is 1.90 bits per heavy atom. The highest BCUT2D eigenvalue weighted by atomic mass is 15.1. The molecule has 1 saturated carbocycles. The van der Waals surface area contributed by atoms with Gasteiger partial charge in [-0.2, -0.15) is 0 Å². The average Bonchev–Trinajstić information content (AvgIpc) is 2.54. The number of nitrogens with two attached hydrogens (primary N) is 1. The average molecular weight is 283 g/mol. The number of para-hydroxylation sites is 1. The summed E-state index contributed by atoms with van der Waals surface area (Å²) >= 11 is 0. The third-order valence-electron chi connectivity index (χ3n) is 4.78. The normalized spacial score (nSPS) is 22.8. The molecule has 2 aromatic rings. The Morgan fingerprint density at radius 1 is 1.14 bits per heavy atom. The van der Waals surface area contributed by atoms with Gasteiger partial charge in [0.05, 0.1) is 5.52 Å². The summed E-state index contributed by atoms with van der Waals surface area (Å²) in [5, 5.41) is 1.28. The highest BCUT2D eigenvalue weighted by molar-refractivity contribution is 5.81. The maximum atomic E-state index is 6.04. The summed E-state index contributed by atoms with van der Waals surface area (Å²) in [7, 11) is 0. The number of hydrogen-bond acceptors (Lipinski definition) is 3. The van der Waals surface area contributed by atoms with Gasteiger partial charge in [-0.25, -0.2) is 0 Å². The molecular formula is C18H25N3. The lowest BCUT2D eigenvalue weighted by molar-refractivity contribution is 0.150. The number of pyridine rings is 1. The van der Waals surface area contributed by atoms with E-state index in [4.69, 9.17) is 5.73 Å². The van der Waals surface area contributed by atoms with Crippen LogP contribution in [0.3, 0.4) is 0 Å². The lowest BCUT2D eigenvalue weighted by Gasteiger charge is -2.35. The van der Waals surface area contributed by atoms with Crippen LogP contribution in [0.5, 0.6) is 0 Å². The maximum Gasteiger partial charge on any atom is 0.0705 e. The number of nitrogens with zero attached hydrogens (tertiary/aromatic N) is 2. The molecule has 1 aliphatic carbocycles. The minimum absolute atomic E-state index is 0.418. The Hall–Kier alpha value is -1.45. The van der Waals surface area contributed by atoms with Crippen LogP contribution in [0.25, 0.3) is 10.9 Å². The summed E-state index contributed by atoms with van der Waals surface area (Å²) in [6, 6.07) is 11.7. The Balaban J connectivity index is 1.79. The number of rotatable bonds is 4. The Bertz CT molecular complexity index is 583. The van der Waals surface area contributed by atoms with E-state index >= 15 is 0 Å². The Morgan fingerprint density at radius 3 is 2.67 bits per heavy atom. The molecule has 0 atom stereocenters. The molecule has 0 amide bonds. The van der Waals surface area contributed by atoms with Crippen LogP contribution in [-0.4, -0.2) is 28.5 Å². The lowest BCUT2D eigenvalue weighted by atomic mass is 9.90. The summed E-state index contributed by atoms with van der Waals surface area (Å²) in [4.78, 5) is 7.07. The van der Waals surface area contributed by atoms with Crippen molar-refractivity contribution in [2.75, 3.05) is 6.54 Å². The van der Waals surface area contributed by atoms with Crippen molar-refractivity contribution in [3.05, 3.63) is 42.1 Å². The molecular weight excluding hydrogens is 258 g/mol. The zero-order valence-corrected chi connectivity index (χ0v) is 12.8. The number of fused-ring (bicyclic) bond motifs is 1. The van der Waals surface area contributed by atoms with Crippen LogP contribution in [0, 0.1) is 0 Å². The van der Waals surface area contributed by atoms with Crippen LogP contribution in [0.2, 0.25) is 0 Å². The summed E-state index contributed by atoms with van der Waals surface area (Å²) in [6.07, 6.45) is 6.73. The third kappa shape index (κ3) is 3.25. The van der Waals surface area contributed by atoms with Crippen molar-refractivity contribution in [1.29, 1.82) is 0 Å². The molecule has 0 aliphatic heterocycles. The van der Waals surface area contributed by atoms with E-state index in [0.717, 1.165) is 31.4 Å². The third-order valence-corrected chi connectivity index (χ3v) is 4.78.